The first kappa shape index (κ1) is 19.1. The van der Waals surface area contributed by atoms with Gasteiger partial charge in [0.2, 0.25) is 0 Å². The number of halogens is 1. The lowest BCUT2D eigenvalue weighted by molar-refractivity contribution is 0.355. The maximum atomic E-state index is 5.89. The molecular weight excluding hydrogens is 409 g/mol. The van der Waals surface area contributed by atoms with Crippen molar-refractivity contribution >= 4 is 35.6 Å². The molecule has 1 aromatic carbocycles. The molecule has 1 aromatic heterocycles. The zero-order valence-electron chi connectivity index (χ0n) is 13.4. The van der Waals surface area contributed by atoms with Crippen molar-refractivity contribution in [3.8, 4) is 11.5 Å². The third-order valence-corrected chi connectivity index (χ3v) is 3.23. The Balaban J connectivity index is 0.00000264. The van der Waals surface area contributed by atoms with Crippen LogP contribution in [-0.4, -0.2) is 36.5 Å². The number of rotatable bonds is 6. The van der Waals surface area contributed by atoms with Crippen LogP contribution in [0, 0.1) is 0 Å². The van der Waals surface area contributed by atoms with E-state index in [2.05, 4.69) is 15.4 Å². The van der Waals surface area contributed by atoms with Crippen molar-refractivity contribution in [3.05, 3.63) is 36.2 Å². The summed E-state index contributed by atoms with van der Waals surface area (Å²) in [5.74, 6) is 1.66. The Morgan fingerprint density at radius 3 is 2.61 bits per heavy atom. The van der Waals surface area contributed by atoms with Gasteiger partial charge >= 0.3 is 0 Å². The number of aryl methyl sites for hydroxylation is 1. The van der Waals surface area contributed by atoms with Crippen molar-refractivity contribution in [2.24, 2.45) is 17.8 Å². The third-order valence-electron chi connectivity index (χ3n) is 3.23. The van der Waals surface area contributed by atoms with E-state index in [9.17, 15) is 0 Å². The molecule has 0 saturated carbocycles. The average molecular weight is 431 g/mol. The summed E-state index contributed by atoms with van der Waals surface area (Å²) in [4.78, 5) is 4.30. The van der Waals surface area contributed by atoms with Gasteiger partial charge in [0.25, 0.3) is 0 Å². The number of aliphatic imine (C=N–C) groups is 1. The minimum Gasteiger partial charge on any atom is -0.493 e. The molecule has 126 valence electrons. The van der Waals surface area contributed by atoms with Gasteiger partial charge in [-0.1, -0.05) is 0 Å². The summed E-state index contributed by atoms with van der Waals surface area (Å²) >= 11 is 0. The first-order valence-electron chi connectivity index (χ1n) is 6.90. The second-order valence-electron chi connectivity index (χ2n) is 4.66. The lowest BCUT2D eigenvalue weighted by Gasteiger charge is -2.10. The first-order chi connectivity index (χ1) is 10.6. The van der Waals surface area contributed by atoms with E-state index in [0.29, 0.717) is 24.0 Å². The lowest BCUT2D eigenvalue weighted by Crippen LogP contribution is -2.23. The number of hydrogen-bond donors (Lipinski definition) is 2. The number of guanidine groups is 1. The zero-order chi connectivity index (χ0) is 15.9. The minimum absolute atomic E-state index is 0. The van der Waals surface area contributed by atoms with Gasteiger partial charge in [0.05, 0.1) is 14.2 Å². The fourth-order valence-corrected chi connectivity index (χ4v) is 2.04. The third kappa shape index (κ3) is 5.31. The number of hydrogen-bond acceptors (Lipinski definition) is 4. The van der Waals surface area contributed by atoms with Crippen LogP contribution in [0.15, 0.2) is 35.5 Å². The van der Waals surface area contributed by atoms with Crippen molar-refractivity contribution in [3.63, 3.8) is 0 Å². The van der Waals surface area contributed by atoms with Gasteiger partial charge in [0.15, 0.2) is 17.5 Å². The van der Waals surface area contributed by atoms with Gasteiger partial charge < -0.3 is 20.5 Å². The standard InChI is InChI=1S/C15H21N5O2.HI/c1-20-12(7-9-18-20)6-8-17-15(16)19-11-4-5-13(21-2)14(10-11)22-3;/h4-5,7,9-10H,6,8H2,1-3H3,(H3,16,17,19);1H. The van der Waals surface area contributed by atoms with Crippen molar-refractivity contribution in [2.45, 2.75) is 6.42 Å². The molecule has 8 heteroatoms. The van der Waals surface area contributed by atoms with Gasteiger partial charge in [-0.15, -0.1) is 24.0 Å². The molecule has 3 N–H and O–H groups in total. The summed E-state index contributed by atoms with van der Waals surface area (Å²) in [5.41, 5.74) is 7.79. The topological polar surface area (TPSA) is 86.7 Å². The molecule has 23 heavy (non-hydrogen) atoms. The van der Waals surface area contributed by atoms with E-state index < -0.39 is 0 Å². The van der Waals surface area contributed by atoms with Gasteiger partial charge in [-0.2, -0.15) is 5.10 Å². The van der Waals surface area contributed by atoms with E-state index in [1.807, 2.05) is 36.0 Å². The molecule has 1 heterocycles. The molecule has 0 radical (unpaired) electrons. The summed E-state index contributed by atoms with van der Waals surface area (Å²) in [5, 5.41) is 7.15. The number of nitrogens with one attached hydrogen (secondary N) is 1. The highest BCUT2D eigenvalue weighted by molar-refractivity contribution is 14.0. The molecule has 2 aromatic rings. The Morgan fingerprint density at radius 2 is 2.00 bits per heavy atom. The molecular formula is C15H22IN5O2. The van der Waals surface area contributed by atoms with Crippen LogP contribution < -0.4 is 20.5 Å². The number of benzene rings is 1. The van der Waals surface area contributed by atoms with Crippen molar-refractivity contribution in [1.29, 1.82) is 0 Å². The Hall–Kier alpha value is -1.97. The number of nitrogens with two attached hydrogens (primary N) is 1. The van der Waals surface area contributed by atoms with Gasteiger partial charge in [-0.3, -0.25) is 9.67 Å². The van der Waals surface area contributed by atoms with Gasteiger partial charge in [-0.05, 0) is 18.2 Å². The molecule has 0 unspecified atom stereocenters. The van der Waals surface area contributed by atoms with Crippen LogP contribution in [0.3, 0.4) is 0 Å². The van der Waals surface area contributed by atoms with E-state index in [1.54, 1.807) is 20.4 Å². The highest BCUT2D eigenvalue weighted by Crippen LogP contribution is 2.29. The molecule has 0 amide bonds. The maximum Gasteiger partial charge on any atom is 0.193 e. The Bertz CT molecular complexity index is 657. The largest absolute Gasteiger partial charge is 0.493 e. The zero-order valence-corrected chi connectivity index (χ0v) is 15.8. The summed E-state index contributed by atoms with van der Waals surface area (Å²) in [7, 11) is 5.09. The molecule has 0 bridgehead atoms. The average Bonchev–Trinajstić information content (AvgIpc) is 2.92. The number of methoxy groups -OCH3 is 2. The summed E-state index contributed by atoms with van der Waals surface area (Å²) in [6, 6.07) is 7.44. The number of ether oxygens (including phenoxy) is 2. The number of anilines is 1. The van der Waals surface area contributed by atoms with E-state index in [4.69, 9.17) is 15.2 Å². The highest BCUT2D eigenvalue weighted by Gasteiger charge is 2.05. The smallest absolute Gasteiger partial charge is 0.193 e. The maximum absolute atomic E-state index is 5.89. The highest BCUT2D eigenvalue weighted by atomic mass is 127. The fourth-order valence-electron chi connectivity index (χ4n) is 2.04. The predicted molar refractivity (Wildman–Crippen MR) is 102 cm³/mol. The number of aromatic nitrogens is 2. The molecule has 0 aliphatic heterocycles. The van der Waals surface area contributed by atoms with Gasteiger partial charge in [0, 0.05) is 43.7 Å². The first-order valence-corrected chi connectivity index (χ1v) is 6.90. The Morgan fingerprint density at radius 1 is 1.26 bits per heavy atom. The SMILES string of the molecule is COc1ccc(NC(N)=NCCc2ccnn2C)cc1OC.I. The van der Waals surface area contributed by atoms with Crippen molar-refractivity contribution in [2.75, 3.05) is 26.1 Å². The van der Waals surface area contributed by atoms with E-state index in [1.165, 1.54) is 0 Å². The van der Waals surface area contributed by atoms with Crippen molar-refractivity contribution in [1.82, 2.24) is 9.78 Å². The van der Waals surface area contributed by atoms with Crippen LogP contribution >= 0.6 is 24.0 Å². The van der Waals surface area contributed by atoms with Crippen LogP contribution in [0.5, 0.6) is 11.5 Å². The second-order valence-corrected chi connectivity index (χ2v) is 4.66. The van der Waals surface area contributed by atoms with Crippen molar-refractivity contribution < 1.29 is 9.47 Å². The molecule has 0 aliphatic rings. The molecule has 0 aliphatic carbocycles. The van der Waals surface area contributed by atoms with Gasteiger partial charge in [0.1, 0.15) is 0 Å². The van der Waals surface area contributed by atoms with Crippen LogP contribution in [0.4, 0.5) is 5.69 Å². The summed E-state index contributed by atoms with van der Waals surface area (Å²) < 4.78 is 12.3. The number of nitrogens with zero attached hydrogens (tertiary/aromatic N) is 3. The molecule has 0 fully saturated rings. The van der Waals surface area contributed by atoms with E-state index in [0.717, 1.165) is 17.8 Å². The molecule has 0 spiro atoms. The quantitative estimate of drug-likeness (QED) is 0.415. The van der Waals surface area contributed by atoms with E-state index >= 15 is 0 Å². The molecule has 0 atom stereocenters. The van der Waals surface area contributed by atoms with Crippen LogP contribution in [0.25, 0.3) is 0 Å². The lowest BCUT2D eigenvalue weighted by atomic mass is 10.3. The monoisotopic (exact) mass is 431 g/mol. The molecule has 0 saturated heterocycles. The second kappa shape index (κ2) is 9.23. The molecule has 2 rings (SSSR count). The molecule has 7 nitrogen and oxygen atoms in total. The Labute approximate surface area is 152 Å². The van der Waals surface area contributed by atoms with Crippen LogP contribution in [0.1, 0.15) is 5.69 Å². The predicted octanol–water partition coefficient (Wildman–Crippen LogP) is 2.02. The van der Waals surface area contributed by atoms with Crippen LogP contribution in [0.2, 0.25) is 0 Å². The normalized spacial score (nSPS) is 10.8. The minimum atomic E-state index is 0. The Kier molecular flexibility index (Phi) is 7.66. The van der Waals surface area contributed by atoms with Crippen LogP contribution in [-0.2, 0) is 13.5 Å². The van der Waals surface area contributed by atoms with E-state index in [-0.39, 0.29) is 24.0 Å². The van der Waals surface area contributed by atoms with Gasteiger partial charge in [-0.25, -0.2) is 0 Å². The summed E-state index contributed by atoms with van der Waals surface area (Å²) in [6.07, 6.45) is 2.55. The summed E-state index contributed by atoms with van der Waals surface area (Å²) in [6.45, 7) is 0.589. The fraction of sp³-hybridized carbons (Fsp3) is 0.333.